The van der Waals surface area contributed by atoms with E-state index in [-0.39, 0.29) is 36.0 Å². The Morgan fingerprint density at radius 3 is 2.38 bits per heavy atom. The molecular formula is C20H21F3N2O4. The van der Waals surface area contributed by atoms with E-state index < -0.39 is 11.7 Å². The maximum atomic E-state index is 12.6. The predicted molar refractivity (Wildman–Crippen MR) is 97.5 cm³/mol. The number of carbonyl (C=O) groups excluding carboxylic acids is 2. The second-order valence-electron chi connectivity index (χ2n) is 6.87. The lowest BCUT2D eigenvalue weighted by Crippen LogP contribution is -2.47. The zero-order valence-corrected chi connectivity index (χ0v) is 15.8. The second-order valence-corrected chi connectivity index (χ2v) is 6.87. The number of carbonyl (C=O) groups is 2. The van der Waals surface area contributed by atoms with Gasteiger partial charge in [-0.1, -0.05) is 0 Å². The Morgan fingerprint density at radius 2 is 1.83 bits per heavy atom. The number of nitrogens with one attached hydrogen (secondary N) is 1. The van der Waals surface area contributed by atoms with Gasteiger partial charge in [-0.15, -0.1) is 0 Å². The monoisotopic (exact) mass is 410 g/mol. The Hall–Kier alpha value is -2.97. The summed E-state index contributed by atoms with van der Waals surface area (Å²) in [6.07, 6.45) is -1.76. The molecular weight excluding hydrogens is 389 g/mol. The molecule has 9 heteroatoms. The molecule has 0 unspecified atom stereocenters. The zero-order chi connectivity index (χ0) is 21.0. The van der Waals surface area contributed by atoms with E-state index in [9.17, 15) is 22.8 Å². The van der Waals surface area contributed by atoms with Crippen LogP contribution >= 0.6 is 0 Å². The van der Waals surface area contributed by atoms with E-state index in [1.54, 1.807) is 17.9 Å². The lowest BCUT2D eigenvalue weighted by atomic mass is 10.0. The number of aryl methyl sites for hydroxylation is 1. The van der Waals surface area contributed by atoms with Gasteiger partial charge in [0.1, 0.15) is 5.75 Å². The van der Waals surface area contributed by atoms with Crippen LogP contribution in [0.15, 0.2) is 41.0 Å². The molecule has 3 rings (SSSR count). The average molecular weight is 410 g/mol. The van der Waals surface area contributed by atoms with Gasteiger partial charge in [0.05, 0.1) is 11.8 Å². The molecule has 0 aliphatic carbocycles. The van der Waals surface area contributed by atoms with Crippen molar-refractivity contribution in [3.8, 4) is 5.75 Å². The van der Waals surface area contributed by atoms with Crippen LogP contribution in [0.1, 0.15) is 34.5 Å². The summed E-state index contributed by atoms with van der Waals surface area (Å²) < 4.78 is 48.1. The summed E-state index contributed by atoms with van der Waals surface area (Å²) in [5.41, 5.74) is -0.0134. The number of hydrogen-bond acceptors (Lipinski definition) is 4. The summed E-state index contributed by atoms with van der Waals surface area (Å²) in [6.45, 7) is 2.44. The number of rotatable bonds is 5. The molecule has 1 saturated heterocycles. The van der Waals surface area contributed by atoms with E-state index in [4.69, 9.17) is 9.15 Å². The van der Waals surface area contributed by atoms with Gasteiger partial charge >= 0.3 is 6.18 Å². The number of halogens is 3. The summed E-state index contributed by atoms with van der Waals surface area (Å²) in [7, 11) is 0. The number of benzene rings is 1. The SMILES string of the molecule is Cc1ccoc1C(=O)NC1CCN(C(=O)COc2ccc(C(F)(F)F)cc2)CC1. The number of likely N-dealkylation sites (tertiary alicyclic amines) is 1. The highest BCUT2D eigenvalue weighted by molar-refractivity contribution is 5.93. The van der Waals surface area contributed by atoms with E-state index in [0.29, 0.717) is 25.9 Å². The van der Waals surface area contributed by atoms with E-state index in [1.807, 2.05) is 0 Å². The lowest BCUT2D eigenvalue weighted by Gasteiger charge is -2.32. The summed E-state index contributed by atoms with van der Waals surface area (Å²) in [5.74, 6) is -0.0461. The van der Waals surface area contributed by atoms with Gasteiger partial charge in [0, 0.05) is 24.7 Å². The number of nitrogens with zero attached hydrogens (tertiary/aromatic N) is 1. The maximum absolute atomic E-state index is 12.6. The first-order valence-electron chi connectivity index (χ1n) is 9.17. The van der Waals surface area contributed by atoms with Crippen LogP contribution < -0.4 is 10.1 Å². The van der Waals surface area contributed by atoms with Gasteiger partial charge in [-0.2, -0.15) is 13.2 Å². The van der Waals surface area contributed by atoms with E-state index in [0.717, 1.165) is 17.7 Å². The fourth-order valence-electron chi connectivity index (χ4n) is 3.11. The highest BCUT2D eigenvalue weighted by Crippen LogP contribution is 2.30. The van der Waals surface area contributed by atoms with Crippen molar-refractivity contribution in [2.75, 3.05) is 19.7 Å². The van der Waals surface area contributed by atoms with Crippen molar-refractivity contribution < 1.29 is 31.9 Å². The van der Waals surface area contributed by atoms with Gasteiger partial charge in [-0.3, -0.25) is 9.59 Å². The van der Waals surface area contributed by atoms with Crippen LogP contribution in [-0.2, 0) is 11.0 Å². The summed E-state index contributed by atoms with van der Waals surface area (Å²) >= 11 is 0. The molecule has 0 atom stereocenters. The first-order chi connectivity index (χ1) is 13.7. The highest BCUT2D eigenvalue weighted by atomic mass is 19.4. The Labute approximate surface area is 165 Å². The predicted octanol–water partition coefficient (Wildman–Crippen LogP) is 3.41. The van der Waals surface area contributed by atoms with Gasteiger partial charge in [0.25, 0.3) is 11.8 Å². The third-order valence-electron chi connectivity index (χ3n) is 4.80. The van der Waals surface area contributed by atoms with E-state index >= 15 is 0 Å². The standard InChI is InChI=1S/C20H21F3N2O4/c1-13-8-11-28-18(13)19(27)24-15-6-9-25(10-7-15)17(26)12-29-16-4-2-14(3-5-16)20(21,22)23/h2-5,8,11,15H,6-7,9-10,12H2,1H3,(H,24,27). The van der Waals surface area contributed by atoms with Crippen LogP contribution in [0, 0.1) is 6.92 Å². The van der Waals surface area contributed by atoms with Crippen molar-refractivity contribution in [1.82, 2.24) is 10.2 Å². The van der Waals surface area contributed by atoms with Gasteiger partial charge in [0.15, 0.2) is 12.4 Å². The third kappa shape index (κ3) is 5.30. The Balaban J connectivity index is 1.43. The molecule has 1 aromatic carbocycles. The molecule has 2 heterocycles. The first-order valence-corrected chi connectivity index (χ1v) is 9.17. The highest BCUT2D eigenvalue weighted by Gasteiger charge is 2.30. The summed E-state index contributed by atoms with van der Waals surface area (Å²) in [4.78, 5) is 26.1. The van der Waals surface area contributed by atoms with Gasteiger partial charge < -0.3 is 19.4 Å². The fourth-order valence-corrected chi connectivity index (χ4v) is 3.11. The molecule has 1 aliphatic rings. The number of alkyl halides is 3. The lowest BCUT2D eigenvalue weighted by molar-refractivity contribution is -0.138. The largest absolute Gasteiger partial charge is 0.484 e. The molecule has 0 spiro atoms. The van der Waals surface area contributed by atoms with Crippen LogP contribution in [0.5, 0.6) is 5.75 Å². The Bertz CT molecular complexity index is 853. The van der Waals surface area contributed by atoms with Crippen LogP contribution in [0.4, 0.5) is 13.2 Å². The van der Waals surface area contributed by atoms with Crippen LogP contribution in [-0.4, -0.2) is 42.5 Å². The van der Waals surface area contributed by atoms with Crippen molar-refractivity contribution in [1.29, 1.82) is 0 Å². The molecule has 2 aromatic rings. The minimum atomic E-state index is -4.41. The number of hydrogen-bond donors (Lipinski definition) is 1. The van der Waals surface area contributed by atoms with Crippen LogP contribution in [0.2, 0.25) is 0 Å². The minimum absolute atomic E-state index is 0.0631. The van der Waals surface area contributed by atoms with Crippen molar-refractivity contribution >= 4 is 11.8 Å². The topological polar surface area (TPSA) is 71.8 Å². The first kappa shape index (κ1) is 20.8. The maximum Gasteiger partial charge on any atom is 0.416 e. The average Bonchev–Trinajstić information content (AvgIpc) is 3.12. The van der Waals surface area contributed by atoms with Crippen LogP contribution in [0.3, 0.4) is 0 Å². The van der Waals surface area contributed by atoms with Crippen molar-refractivity contribution in [2.45, 2.75) is 32.0 Å². The zero-order valence-electron chi connectivity index (χ0n) is 15.8. The second kappa shape index (κ2) is 8.59. The molecule has 1 aliphatic heterocycles. The van der Waals surface area contributed by atoms with Crippen LogP contribution in [0.25, 0.3) is 0 Å². The molecule has 1 aromatic heterocycles. The molecule has 29 heavy (non-hydrogen) atoms. The quantitative estimate of drug-likeness (QED) is 0.820. The van der Waals surface area contributed by atoms with Gasteiger partial charge in [-0.05, 0) is 50.1 Å². The normalized spacial score (nSPS) is 15.2. The molecule has 1 N–H and O–H groups in total. The smallest absolute Gasteiger partial charge is 0.416 e. The molecule has 156 valence electrons. The molecule has 0 saturated carbocycles. The van der Waals surface area contributed by atoms with Crippen molar-refractivity contribution in [3.63, 3.8) is 0 Å². The Morgan fingerprint density at radius 1 is 1.17 bits per heavy atom. The van der Waals surface area contributed by atoms with Gasteiger partial charge in [0.2, 0.25) is 0 Å². The fraction of sp³-hybridized carbons (Fsp3) is 0.400. The third-order valence-corrected chi connectivity index (χ3v) is 4.80. The van der Waals surface area contributed by atoms with Crippen molar-refractivity contribution in [3.05, 3.63) is 53.5 Å². The number of ether oxygens (including phenoxy) is 1. The van der Waals surface area contributed by atoms with Gasteiger partial charge in [-0.25, -0.2) is 0 Å². The number of furan rings is 1. The molecule has 6 nitrogen and oxygen atoms in total. The van der Waals surface area contributed by atoms with Crippen molar-refractivity contribution in [2.24, 2.45) is 0 Å². The minimum Gasteiger partial charge on any atom is -0.484 e. The molecule has 1 fully saturated rings. The van der Waals surface area contributed by atoms with E-state index in [1.165, 1.54) is 18.4 Å². The Kier molecular flexibility index (Phi) is 6.14. The molecule has 0 radical (unpaired) electrons. The summed E-state index contributed by atoms with van der Waals surface area (Å²) in [6, 6.07) is 5.85. The number of piperidine rings is 1. The molecule has 0 bridgehead atoms. The summed E-state index contributed by atoms with van der Waals surface area (Å²) in [5, 5.41) is 2.90. The van der Waals surface area contributed by atoms with E-state index in [2.05, 4.69) is 5.32 Å². The number of amides is 2. The molecule has 2 amide bonds.